The van der Waals surface area contributed by atoms with Gasteiger partial charge in [-0.05, 0) is 42.8 Å². The minimum Gasteiger partial charge on any atom is -0.506 e. The van der Waals surface area contributed by atoms with Gasteiger partial charge >= 0.3 is 5.97 Å². The fourth-order valence-electron chi connectivity index (χ4n) is 2.46. The number of esters is 1. The molecule has 2 aromatic carbocycles. The van der Waals surface area contributed by atoms with Crippen LogP contribution in [-0.4, -0.2) is 29.8 Å². The van der Waals surface area contributed by atoms with Crippen molar-refractivity contribution < 1.29 is 19.4 Å². The van der Waals surface area contributed by atoms with Crippen LogP contribution in [0.15, 0.2) is 75.8 Å². The van der Waals surface area contributed by atoms with E-state index >= 15 is 0 Å². The third kappa shape index (κ3) is 4.41. The first kappa shape index (κ1) is 18.8. The summed E-state index contributed by atoms with van der Waals surface area (Å²) in [6.07, 6.45) is 1.80. The number of hydrogen-bond acceptors (Lipinski definition) is 6. The molecule has 0 aromatic heterocycles. The Morgan fingerprint density at radius 3 is 2.48 bits per heavy atom. The molecule has 6 heteroatoms. The van der Waals surface area contributed by atoms with E-state index in [0.29, 0.717) is 15.6 Å². The highest BCUT2D eigenvalue weighted by molar-refractivity contribution is 8.18. The highest BCUT2D eigenvalue weighted by Gasteiger charge is 2.33. The van der Waals surface area contributed by atoms with Crippen LogP contribution in [0, 0.1) is 0 Å². The largest absolute Gasteiger partial charge is 0.506 e. The van der Waals surface area contributed by atoms with Crippen LogP contribution in [0.3, 0.4) is 0 Å². The molecule has 1 heterocycles. The molecule has 3 rings (SSSR count). The van der Waals surface area contributed by atoms with Gasteiger partial charge in [-0.3, -0.25) is 0 Å². The molecule has 0 aliphatic carbocycles. The number of aliphatic hydroxyl groups is 1. The van der Waals surface area contributed by atoms with E-state index in [2.05, 4.69) is 4.99 Å². The molecular formula is C21H19NO4S. The fourth-order valence-corrected chi connectivity index (χ4v) is 3.50. The summed E-state index contributed by atoms with van der Waals surface area (Å²) in [5.41, 5.74) is 1.65. The summed E-state index contributed by atoms with van der Waals surface area (Å²) >= 11 is 1.24. The van der Waals surface area contributed by atoms with E-state index in [-0.39, 0.29) is 17.9 Å². The van der Waals surface area contributed by atoms with Crippen LogP contribution in [0.5, 0.6) is 5.75 Å². The number of thioether (sulfide) groups is 1. The number of methoxy groups -OCH3 is 1. The van der Waals surface area contributed by atoms with E-state index in [9.17, 15) is 9.90 Å². The Bertz CT molecular complexity index is 915. The van der Waals surface area contributed by atoms with E-state index in [1.807, 2.05) is 54.6 Å². The third-order valence-corrected chi connectivity index (χ3v) is 4.79. The summed E-state index contributed by atoms with van der Waals surface area (Å²) < 4.78 is 10.3. The van der Waals surface area contributed by atoms with Crippen molar-refractivity contribution in [3.05, 3.63) is 76.4 Å². The quantitative estimate of drug-likeness (QED) is 0.747. The number of para-hydroxylation sites is 1. The van der Waals surface area contributed by atoms with Gasteiger partial charge in [-0.1, -0.05) is 42.1 Å². The molecule has 0 saturated heterocycles. The number of rotatable bonds is 5. The predicted octanol–water partition coefficient (Wildman–Crippen LogP) is 4.89. The summed E-state index contributed by atoms with van der Waals surface area (Å²) in [6, 6.07) is 16.7. The van der Waals surface area contributed by atoms with E-state index in [0.717, 1.165) is 11.3 Å². The lowest BCUT2D eigenvalue weighted by atomic mass is 10.1. The number of hydrogen-bond donors (Lipinski definition) is 1. The zero-order chi connectivity index (χ0) is 19.2. The molecule has 0 radical (unpaired) electrons. The highest BCUT2D eigenvalue weighted by atomic mass is 32.2. The maximum absolute atomic E-state index is 12.4. The third-order valence-electron chi connectivity index (χ3n) is 3.77. The monoisotopic (exact) mass is 381 g/mol. The Balaban J connectivity index is 2.00. The van der Waals surface area contributed by atoms with Crippen LogP contribution in [0.2, 0.25) is 0 Å². The topological polar surface area (TPSA) is 68.1 Å². The summed E-state index contributed by atoms with van der Waals surface area (Å²) in [6.45, 7) is 1.94. The Labute approximate surface area is 162 Å². The van der Waals surface area contributed by atoms with Gasteiger partial charge in [-0.15, -0.1) is 0 Å². The second-order valence-corrected chi connectivity index (χ2v) is 6.61. The zero-order valence-electron chi connectivity index (χ0n) is 15.0. The van der Waals surface area contributed by atoms with Crippen LogP contribution in [0.25, 0.3) is 6.08 Å². The summed E-state index contributed by atoms with van der Waals surface area (Å²) in [5.74, 6) is 0.0359. The highest BCUT2D eigenvalue weighted by Crippen LogP contribution is 2.40. The molecule has 1 aliphatic heterocycles. The molecule has 0 unspecified atom stereocenters. The van der Waals surface area contributed by atoms with Crippen LogP contribution in [0.1, 0.15) is 12.5 Å². The van der Waals surface area contributed by atoms with Gasteiger partial charge in [0.2, 0.25) is 0 Å². The maximum Gasteiger partial charge on any atom is 0.344 e. The average Bonchev–Trinajstić information content (AvgIpc) is 2.98. The standard InChI is InChI=1S/C21H19NO4S/c1-3-26-21(24)18-19(23)17(13-14-9-11-16(25-2)12-10-14)27-20(18)22-15-7-5-4-6-8-15/h4-13,23H,3H2,1-2H3/b17-13+,22-20?. The zero-order valence-corrected chi connectivity index (χ0v) is 15.8. The first-order chi connectivity index (χ1) is 13.1. The molecule has 0 fully saturated rings. The first-order valence-corrected chi connectivity index (χ1v) is 9.22. The Morgan fingerprint density at radius 2 is 1.85 bits per heavy atom. The Morgan fingerprint density at radius 1 is 1.15 bits per heavy atom. The summed E-state index contributed by atoms with van der Waals surface area (Å²) in [4.78, 5) is 17.4. The SMILES string of the molecule is CCOC(=O)C1=C(O)/C(=C\c2ccc(OC)cc2)SC1=Nc1ccccc1. The van der Waals surface area contributed by atoms with Crippen molar-refractivity contribution in [1.82, 2.24) is 0 Å². The van der Waals surface area contributed by atoms with E-state index < -0.39 is 5.97 Å². The molecule has 0 amide bonds. The van der Waals surface area contributed by atoms with Crippen molar-refractivity contribution in [2.24, 2.45) is 4.99 Å². The average molecular weight is 381 g/mol. The van der Waals surface area contributed by atoms with Gasteiger partial charge in [0.05, 0.1) is 24.3 Å². The molecule has 1 N–H and O–H groups in total. The molecular weight excluding hydrogens is 362 g/mol. The molecule has 2 aromatic rings. The lowest BCUT2D eigenvalue weighted by molar-refractivity contribution is -0.138. The van der Waals surface area contributed by atoms with E-state index in [1.54, 1.807) is 20.1 Å². The van der Waals surface area contributed by atoms with Gasteiger partial charge in [-0.2, -0.15) is 0 Å². The van der Waals surface area contributed by atoms with Gasteiger partial charge in [0.15, 0.2) is 0 Å². The number of aliphatic hydroxyl groups excluding tert-OH is 1. The molecule has 0 spiro atoms. The van der Waals surface area contributed by atoms with Gasteiger partial charge in [0.25, 0.3) is 0 Å². The lowest BCUT2D eigenvalue weighted by Gasteiger charge is -2.03. The van der Waals surface area contributed by atoms with Crippen LogP contribution < -0.4 is 4.74 Å². The number of carbonyl (C=O) groups excluding carboxylic acids is 1. The predicted molar refractivity (Wildman–Crippen MR) is 108 cm³/mol. The Kier molecular flexibility index (Phi) is 5.98. The first-order valence-electron chi connectivity index (χ1n) is 8.40. The number of ether oxygens (including phenoxy) is 2. The number of benzene rings is 2. The van der Waals surface area contributed by atoms with Crippen molar-refractivity contribution in [1.29, 1.82) is 0 Å². The molecule has 27 heavy (non-hydrogen) atoms. The normalized spacial score (nSPS) is 16.8. The Hall–Kier alpha value is -2.99. The van der Waals surface area contributed by atoms with Crippen molar-refractivity contribution >= 4 is 34.5 Å². The van der Waals surface area contributed by atoms with Crippen molar-refractivity contribution in [2.45, 2.75) is 6.92 Å². The van der Waals surface area contributed by atoms with Gasteiger partial charge in [0, 0.05) is 0 Å². The molecule has 138 valence electrons. The minimum absolute atomic E-state index is 0.0884. The number of nitrogens with zero attached hydrogens (tertiary/aromatic N) is 1. The summed E-state index contributed by atoms with van der Waals surface area (Å²) in [5, 5.41) is 11.1. The minimum atomic E-state index is -0.588. The van der Waals surface area contributed by atoms with Crippen LogP contribution in [0.4, 0.5) is 5.69 Å². The van der Waals surface area contributed by atoms with E-state index in [1.165, 1.54) is 11.8 Å². The van der Waals surface area contributed by atoms with Gasteiger partial charge < -0.3 is 14.6 Å². The molecule has 0 bridgehead atoms. The second-order valence-electron chi connectivity index (χ2n) is 5.58. The van der Waals surface area contributed by atoms with Crippen LogP contribution >= 0.6 is 11.8 Å². The maximum atomic E-state index is 12.4. The molecule has 0 saturated carbocycles. The second kappa shape index (κ2) is 8.60. The number of carbonyl (C=O) groups is 1. The van der Waals surface area contributed by atoms with Gasteiger partial charge in [-0.25, -0.2) is 9.79 Å². The summed E-state index contributed by atoms with van der Waals surface area (Å²) in [7, 11) is 1.60. The van der Waals surface area contributed by atoms with E-state index in [4.69, 9.17) is 9.47 Å². The molecule has 5 nitrogen and oxygen atoms in total. The lowest BCUT2D eigenvalue weighted by Crippen LogP contribution is -2.12. The van der Waals surface area contributed by atoms with Crippen LogP contribution in [-0.2, 0) is 9.53 Å². The smallest absolute Gasteiger partial charge is 0.344 e. The molecule has 1 aliphatic rings. The van der Waals surface area contributed by atoms with Crippen molar-refractivity contribution in [3.63, 3.8) is 0 Å². The molecule has 0 atom stereocenters. The fraction of sp³-hybridized carbons (Fsp3) is 0.143. The van der Waals surface area contributed by atoms with Crippen molar-refractivity contribution in [3.8, 4) is 5.75 Å². The van der Waals surface area contributed by atoms with Gasteiger partial charge in [0.1, 0.15) is 22.1 Å². The number of aliphatic imine (C=N–C) groups is 1. The van der Waals surface area contributed by atoms with Crippen molar-refractivity contribution in [2.75, 3.05) is 13.7 Å².